The number of hydrogen-bond acceptors (Lipinski definition) is 7. The maximum atomic E-state index is 13.0. The quantitative estimate of drug-likeness (QED) is 0.402. The molecule has 1 aromatic carbocycles. The molecule has 3 heterocycles. The third-order valence-corrected chi connectivity index (χ3v) is 5.41. The van der Waals surface area contributed by atoms with Gasteiger partial charge in [0.15, 0.2) is 23.6 Å². The molecule has 0 fully saturated rings. The lowest BCUT2D eigenvalue weighted by Gasteiger charge is -2.14. The SMILES string of the molecule is COC(CNC(=O)c1ncn2c1Cn1c(COC(C)C)nnc1-c1cc(Cl)ccc1-2)OC. The number of amides is 1. The summed E-state index contributed by atoms with van der Waals surface area (Å²) in [5.41, 5.74) is 2.60. The molecule has 1 aliphatic heterocycles. The molecular weight excluding hydrogens is 436 g/mol. The van der Waals surface area contributed by atoms with E-state index >= 15 is 0 Å². The molecule has 0 saturated heterocycles. The van der Waals surface area contributed by atoms with Gasteiger partial charge in [0.05, 0.1) is 30.6 Å². The number of carbonyl (C=O) groups excluding carboxylic acids is 1. The van der Waals surface area contributed by atoms with Gasteiger partial charge >= 0.3 is 0 Å². The molecule has 0 atom stereocenters. The Morgan fingerprint density at radius 2 is 2.03 bits per heavy atom. The first kappa shape index (κ1) is 22.4. The zero-order valence-corrected chi connectivity index (χ0v) is 19.1. The molecule has 11 heteroatoms. The number of carbonyl (C=O) groups is 1. The van der Waals surface area contributed by atoms with E-state index in [1.165, 1.54) is 14.2 Å². The molecular formula is C21H25ClN6O4. The highest BCUT2D eigenvalue weighted by Crippen LogP contribution is 2.34. The molecule has 1 aliphatic rings. The number of fused-ring (bicyclic) bond motifs is 5. The van der Waals surface area contributed by atoms with Crippen LogP contribution >= 0.6 is 11.6 Å². The standard InChI is InChI=1S/C21H25ClN6O4/c1-12(2)32-10-17-25-26-20-14-7-13(22)5-6-15(14)28-11-24-19(16(28)9-27(17)20)21(29)23-8-18(30-3)31-4/h5-7,11-12,18H,8-10H2,1-4H3,(H,23,29). The van der Waals surface area contributed by atoms with Crippen LogP contribution in [0.4, 0.5) is 0 Å². The Morgan fingerprint density at radius 1 is 1.25 bits per heavy atom. The lowest BCUT2D eigenvalue weighted by Crippen LogP contribution is -2.35. The summed E-state index contributed by atoms with van der Waals surface area (Å²) >= 11 is 6.29. The topological polar surface area (TPSA) is 105 Å². The van der Waals surface area contributed by atoms with Crippen LogP contribution < -0.4 is 5.32 Å². The number of halogens is 1. The summed E-state index contributed by atoms with van der Waals surface area (Å²) in [5, 5.41) is 12.1. The summed E-state index contributed by atoms with van der Waals surface area (Å²) in [7, 11) is 3.03. The van der Waals surface area contributed by atoms with Crippen molar-refractivity contribution in [2.24, 2.45) is 0 Å². The Bertz CT molecular complexity index is 1120. The maximum Gasteiger partial charge on any atom is 0.272 e. The van der Waals surface area contributed by atoms with Gasteiger partial charge in [-0.25, -0.2) is 4.98 Å². The van der Waals surface area contributed by atoms with Gasteiger partial charge in [0.25, 0.3) is 5.91 Å². The number of methoxy groups -OCH3 is 2. The average molecular weight is 461 g/mol. The molecule has 32 heavy (non-hydrogen) atoms. The first-order valence-electron chi connectivity index (χ1n) is 10.2. The number of benzene rings is 1. The number of imidazole rings is 1. The van der Waals surface area contributed by atoms with Crippen molar-refractivity contribution in [1.82, 2.24) is 29.6 Å². The average Bonchev–Trinajstić information content (AvgIpc) is 3.34. The second-order valence-electron chi connectivity index (χ2n) is 7.57. The van der Waals surface area contributed by atoms with Crippen LogP contribution in [0.15, 0.2) is 24.5 Å². The molecule has 3 aromatic rings. The molecule has 0 spiro atoms. The van der Waals surface area contributed by atoms with Gasteiger partial charge in [0.1, 0.15) is 12.9 Å². The van der Waals surface area contributed by atoms with E-state index < -0.39 is 6.29 Å². The first-order chi connectivity index (χ1) is 15.4. The molecule has 170 valence electrons. The smallest absolute Gasteiger partial charge is 0.272 e. The summed E-state index contributed by atoms with van der Waals surface area (Å²) in [6, 6.07) is 5.51. The highest BCUT2D eigenvalue weighted by molar-refractivity contribution is 6.31. The Kier molecular flexibility index (Phi) is 6.56. The minimum absolute atomic E-state index is 0.0387. The molecule has 0 radical (unpaired) electrons. The Labute approximate surface area is 190 Å². The third-order valence-electron chi connectivity index (χ3n) is 5.18. The predicted molar refractivity (Wildman–Crippen MR) is 117 cm³/mol. The van der Waals surface area contributed by atoms with Crippen molar-refractivity contribution in [2.45, 2.75) is 39.4 Å². The van der Waals surface area contributed by atoms with Gasteiger partial charge in [-0.15, -0.1) is 10.2 Å². The second-order valence-corrected chi connectivity index (χ2v) is 8.00. The van der Waals surface area contributed by atoms with E-state index in [1.807, 2.05) is 35.1 Å². The molecule has 0 unspecified atom stereocenters. The lowest BCUT2D eigenvalue weighted by atomic mass is 10.1. The summed E-state index contributed by atoms with van der Waals surface area (Å²) in [6.45, 7) is 4.74. The molecule has 0 aliphatic carbocycles. The van der Waals surface area contributed by atoms with Crippen molar-refractivity contribution in [2.75, 3.05) is 20.8 Å². The van der Waals surface area contributed by atoms with Gasteiger partial charge in [-0.3, -0.25) is 9.36 Å². The van der Waals surface area contributed by atoms with Gasteiger partial charge in [-0.2, -0.15) is 0 Å². The number of nitrogens with zero attached hydrogens (tertiary/aromatic N) is 5. The van der Waals surface area contributed by atoms with Crippen molar-refractivity contribution in [1.29, 1.82) is 0 Å². The van der Waals surface area contributed by atoms with E-state index in [0.717, 1.165) is 11.3 Å². The highest BCUT2D eigenvalue weighted by atomic mass is 35.5. The van der Waals surface area contributed by atoms with Gasteiger partial charge in [-0.05, 0) is 32.0 Å². The first-order valence-corrected chi connectivity index (χ1v) is 10.5. The zero-order chi connectivity index (χ0) is 22.8. The van der Waals surface area contributed by atoms with Crippen LogP contribution in [-0.2, 0) is 27.4 Å². The summed E-state index contributed by atoms with van der Waals surface area (Å²) in [5.74, 6) is 0.975. The largest absolute Gasteiger partial charge is 0.371 e. The molecule has 0 bridgehead atoms. The van der Waals surface area contributed by atoms with E-state index in [4.69, 9.17) is 25.8 Å². The van der Waals surface area contributed by atoms with Crippen molar-refractivity contribution < 1.29 is 19.0 Å². The molecule has 1 amide bonds. The monoisotopic (exact) mass is 460 g/mol. The number of rotatable bonds is 8. The van der Waals surface area contributed by atoms with Crippen LogP contribution in [-0.4, -0.2) is 63.4 Å². The molecule has 10 nitrogen and oxygen atoms in total. The number of aromatic nitrogens is 5. The lowest BCUT2D eigenvalue weighted by molar-refractivity contribution is -0.0974. The normalized spacial score (nSPS) is 12.5. The fraction of sp³-hybridized carbons (Fsp3) is 0.429. The molecule has 4 rings (SSSR count). The summed E-state index contributed by atoms with van der Waals surface area (Å²) in [4.78, 5) is 17.4. The van der Waals surface area contributed by atoms with E-state index in [1.54, 1.807) is 12.4 Å². The number of nitrogens with one attached hydrogen (secondary N) is 1. The maximum absolute atomic E-state index is 13.0. The minimum Gasteiger partial charge on any atom is -0.371 e. The Hall–Kier alpha value is -2.79. The Morgan fingerprint density at radius 3 is 2.75 bits per heavy atom. The van der Waals surface area contributed by atoms with Crippen molar-refractivity contribution >= 4 is 17.5 Å². The van der Waals surface area contributed by atoms with E-state index in [0.29, 0.717) is 41.2 Å². The number of ether oxygens (including phenoxy) is 3. The molecule has 0 saturated carbocycles. The van der Waals surface area contributed by atoms with Crippen LogP contribution in [0.1, 0.15) is 35.9 Å². The predicted octanol–water partition coefficient (Wildman–Crippen LogP) is 2.42. The van der Waals surface area contributed by atoms with Gasteiger partial charge in [0, 0.05) is 24.8 Å². The van der Waals surface area contributed by atoms with Crippen molar-refractivity contribution in [3.05, 3.63) is 46.8 Å². The summed E-state index contributed by atoms with van der Waals surface area (Å²) < 4.78 is 19.9. The van der Waals surface area contributed by atoms with Crippen LogP contribution in [0.2, 0.25) is 5.02 Å². The molecule has 2 aromatic heterocycles. The fourth-order valence-electron chi connectivity index (χ4n) is 3.54. The summed E-state index contributed by atoms with van der Waals surface area (Å²) in [6.07, 6.45) is 1.12. The van der Waals surface area contributed by atoms with Gasteiger partial charge < -0.3 is 24.1 Å². The molecule has 1 N–H and O–H groups in total. The van der Waals surface area contributed by atoms with E-state index in [2.05, 4.69) is 20.5 Å². The Balaban J connectivity index is 1.76. The van der Waals surface area contributed by atoms with Crippen molar-refractivity contribution in [3.8, 4) is 17.1 Å². The van der Waals surface area contributed by atoms with Crippen LogP contribution in [0.3, 0.4) is 0 Å². The second kappa shape index (κ2) is 9.37. The van der Waals surface area contributed by atoms with E-state index in [9.17, 15) is 4.79 Å². The van der Waals surface area contributed by atoms with Gasteiger partial charge in [-0.1, -0.05) is 11.6 Å². The van der Waals surface area contributed by atoms with E-state index in [-0.39, 0.29) is 18.6 Å². The van der Waals surface area contributed by atoms with Crippen molar-refractivity contribution in [3.63, 3.8) is 0 Å². The van der Waals surface area contributed by atoms with Crippen LogP contribution in [0.25, 0.3) is 17.1 Å². The minimum atomic E-state index is -0.549. The van der Waals surface area contributed by atoms with Crippen LogP contribution in [0, 0.1) is 0 Å². The zero-order valence-electron chi connectivity index (χ0n) is 18.3. The fourth-order valence-corrected chi connectivity index (χ4v) is 3.71. The highest BCUT2D eigenvalue weighted by Gasteiger charge is 2.28. The third kappa shape index (κ3) is 4.26. The number of hydrogen-bond donors (Lipinski definition) is 1. The van der Waals surface area contributed by atoms with Gasteiger partial charge in [0.2, 0.25) is 0 Å². The van der Waals surface area contributed by atoms with Crippen LogP contribution in [0.5, 0.6) is 0 Å².